The number of amides is 1. The summed E-state index contributed by atoms with van der Waals surface area (Å²) in [6, 6.07) is 15.5. The van der Waals surface area contributed by atoms with Crippen LogP contribution in [0, 0.1) is 0 Å². The van der Waals surface area contributed by atoms with E-state index in [1.807, 2.05) is 53.4 Å². The zero-order chi connectivity index (χ0) is 18.9. The molecule has 1 unspecified atom stereocenters. The minimum atomic E-state index is -0.0976. The second kappa shape index (κ2) is 6.99. The molecular formula is C21H20N4O3. The Morgan fingerprint density at radius 3 is 2.71 bits per heavy atom. The van der Waals surface area contributed by atoms with Gasteiger partial charge in [0.05, 0.1) is 17.9 Å². The Hall–Kier alpha value is -3.35. The lowest BCUT2D eigenvalue weighted by molar-refractivity contribution is 0.0728. The van der Waals surface area contributed by atoms with Gasteiger partial charge in [-0.3, -0.25) is 4.79 Å². The molecule has 0 N–H and O–H groups in total. The van der Waals surface area contributed by atoms with Gasteiger partial charge >= 0.3 is 0 Å². The summed E-state index contributed by atoms with van der Waals surface area (Å²) < 4.78 is 11.3. The quantitative estimate of drug-likeness (QED) is 0.703. The number of carbonyl (C=O) groups is 1. The number of hydrogen-bond donors (Lipinski definition) is 0. The van der Waals surface area contributed by atoms with Gasteiger partial charge in [-0.25, -0.2) is 0 Å². The Morgan fingerprint density at radius 1 is 1.04 bits per heavy atom. The molecule has 0 bridgehead atoms. The molecule has 3 aromatic rings. The van der Waals surface area contributed by atoms with Crippen LogP contribution in [0.25, 0.3) is 5.69 Å². The Bertz CT molecular complexity index is 1000. The molecule has 1 fully saturated rings. The van der Waals surface area contributed by atoms with Gasteiger partial charge in [-0.15, -0.1) is 5.10 Å². The topological polar surface area (TPSA) is 69.5 Å². The molecule has 28 heavy (non-hydrogen) atoms. The highest BCUT2D eigenvalue weighted by atomic mass is 16.6. The predicted molar refractivity (Wildman–Crippen MR) is 102 cm³/mol. The summed E-state index contributed by atoms with van der Waals surface area (Å²) in [6.45, 7) is 1.82. The van der Waals surface area contributed by atoms with Crippen molar-refractivity contribution in [3.63, 3.8) is 0 Å². The maximum absolute atomic E-state index is 13.1. The fourth-order valence-electron chi connectivity index (χ4n) is 3.82. The van der Waals surface area contributed by atoms with Crippen molar-refractivity contribution in [1.82, 2.24) is 19.9 Å². The average Bonchev–Trinajstić information content (AvgIpc) is 3.44. The largest absolute Gasteiger partial charge is 0.486 e. The Morgan fingerprint density at radius 2 is 1.86 bits per heavy atom. The van der Waals surface area contributed by atoms with Crippen LogP contribution in [0.5, 0.6) is 11.5 Å². The van der Waals surface area contributed by atoms with E-state index in [-0.39, 0.29) is 11.9 Å². The number of nitrogens with zero attached hydrogens (tertiary/aromatic N) is 4. The van der Waals surface area contributed by atoms with Gasteiger partial charge in [0.15, 0.2) is 17.2 Å². The number of likely N-dealkylation sites (tertiary alicyclic amines) is 1. The summed E-state index contributed by atoms with van der Waals surface area (Å²) in [5.74, 6) is 1.41. The first kappa shape index (κ1) is 16.8. The van der Waals surface area contributed by atoms with Gasteiger partial charge in [0.2, 0.25) is 0 Å². The highest BCUT2D eigenvalue weighted by Gasteiger charge is 2.32. The number of carbonyl (C=O) groups excluding carboxylic acids is 1. The van der Waals surface area contributed by atoms with E-state index in [9.17, 15) is 4.79 Å². The SMILES string of the molecule is O=C(c1cnn(-c2ccccc2)n1)N1CCCC1c1ccc2c(c1)OCCO2. The molecule has 0 saturated carbocycles. The molecule has 2 aliphatic heterocycles. The summed E-state index contributed by atoms with van der Waals surface area (Å²) in [5, 5.41) is 8.65. The van der Waals surface area contributed by atoms with Crippen LogP contribution in [0.2, 0.25) is 0 Å². The maximum Gasteiger partial charge on any atom is 0.276 e. The van der Waals surface area contributed by atoms with E-state index in [0.717, 1.165) is 35.6 Å². The van der Waals surface area contributed by atoms with Crippen LogP contribution in [0.4, 0.5) is 0 Å². The van der Waals surface area contributed by atoms with Gasteiger partial charge in [0.1, 0.15) is 13.2 Å². The van der Waals surface area contributed by atoms with Crippen molar-refractivity contribution < 1.29 is 14.3 Å². The lowest BCUT2D eigenvalue weighted by atomic mass is 10.0. The van der Waals surface area contributed by atoms with Crippen molar-refractivity contribution in [1.29, 1.82) is 0 Å². The van der Waals surface area contributed by atoms with Gasteiger partial charge in [0.25, 0.3) is 5.91 Å². The molecule has 7 heteroatoms. The molecule has 7 nitrogen and oxygen atoms in total. The molecule has 0 radical (unpaired) electrons. The van der Waals surface area contributed by atoms with Gasteiger partial charge < -0.3 is 14.4 Å². The van der Waals surface area contributed by atoms with Crippen molar-refractivity contribution in [3.8, 4) is 17.2 Å². The standard InChI is InChI=1S/C21H20N4O3/c26-21(17-14-22-25(23-17)16-5-2-1-3-6-16)24-10-4-7-18(24)15-8-9-19-20(13-15)28-12-11-27-19/h1-3,5-6,8-9,13-14,18H,4,7,10-12H2. The highest BCUT2D eigenvalue weighted by molar-refractivity contribution is 5.92. The van der Waals surface area contributed by atoms with E-state index >= 15 is 0 Å². The van der Waals surface area contributed by atoms with Crippen LogP contribution >= 0.6 is 0 Å². The number of benzene rings is 2. The molecular weight excluding hydrogens is 356 g/mol. The third-order valence-electron chi connectivity index (χ3n) is 5.16. The zero-order valence-corrected chi connectivity index (χ0v) is 15.3. The Labute approximate surface area is 162 Å². The summed E-state index contributed by atoms with van der Waals surface area (Å²) in [5.41, 5.74) is 2.24. The van der Waals surface area contributed by atoms with E-state index in [1.165, 1.54) is 11.0 Å². The Balaban J connectivity index is 1.40. The average molecular weight is 376 g/mol. The van der Waals surface area contributed by atoms with Crippen LogP contribution in [0.15, 0.2) is 54.7 Å². The molecule has 1 aromatic heterocycles. The minimum Gasteiger partial charge on any atom is -0.486 e. The molecule has 2 aromatic carbocycles. The smallest absolute Gasteiger partial charge is 0.276 e. The van der Waals surface area contributed by atoms with Gasteiger partial charge in [-0.05, 0) is 42.7 Å². The number of aromatic nitrogens is 3. The summed E-state index contributed by atoms with van der Waals surface area (Å²) in [7, 11) is 0. The summed E-state index contributed by atoms with van der Waals surface area (Å²) >= 11 is 0. The van der Waals surface area contributed by atoms with E-state index < -0.39 is 0 Å². The van der Waals surface area contributed by atoms with E-state index in [2.05, 4.69) is 10.2 Å². The lowest BCUT2D eigenvalue weighted by Gasteiger charge is -2.26. The lowest BCUT2D eigenvalue weighted by Crippen LogP contribution is -2.31. The molecule has 1 saturated heterocycles. The van der Waals surface area contributed by atoms with E-state index in [0.29, 0.717) is 25.5 Å². The van der Waals surface area contributed by atoms with Crippen LogP contribution < -0.4 is 9.47 Å². The van der Waals surface area contributed by atoms with Gasteiger partial charge in [-0.2, -0.15) is 9.90 Å². The molecule has 5 rings (SSSR count). The minimum absolute atomic E-state index is 0.00482. The molecule has 1 atom stereocenters. The van der Waals surface area contributed by atoms with Crippen LogP contribution in [0.3, 0.4) is 0 Å². The number of hydrogen-bond acceptors (Lipinski definition) is 5. The second-order valence-electron chi connectivity index (χ2n) is 6.91. The molecule has 2 aliphatic rings. The van der Waals surface area contributed by atoms with E-state index in [4.69, 9.17) is 9.47 Å². The maximum atomic E-state index is 13.1. The van der Waals surface area contributed by atoms with Crippen molar-refractivity contribution in [2.45, 2.75) is 18.9 Å². The number of ether oxygens (including phenoxy) is 2. The second-order valence-corrected chi connectivity index (χ2v) is 6.91. The zero-order valence-electron chi connectivity index (χ0n) is 15.3. The molecule has 1 amide bonds. The first-order valence-corrected chi connectivity index (χ1v) is 9.48. The molecule has 0 spiro atoms. The fraction of sp³-hybridized carbons (Fsp3) is 0.286. The monoisotopic (exact) mass is 376 g/mol. The molecule has 0 aliphatic carbocycles. The first-order valence-electron chi connectivity index (χ1n) is 9.48. The van der Waals surface area contributed by atoms with Crippen LogP contribution in [0.1, 0.15) is 34.9 Å². The van der Waals surface area contributed by atoms with E-state index in [1.54, 1.807) is 0 Å². The number of rotatable bonds is 3. The molecule has 3 heterocycles. The molecule has 142 valence electrons. The van der Waals surface area contributed by atoms with Crippen molar-refractivity contribution in [2.24, 2.45) is 0 Å². The third kappa shape index (κ3) is 2.98. The highest BCUT2D eigenvalue weighted by Crippen LogP contribution is 2.38. The number of fused-ring (bicyclic) bond motifs is 1. The van der Waals surface area contributed by atoms with Crippen molar-refractivity contribution >= 4 is 5.91 Å². The van der Waals surface area contributed by atoms with Crippen molar-refractivity contribution in [3.05, 3.63) is 66.0 Å². The van der Waals surface area contributed by atoms with Crippen LogP contribution in [-0.4, -0.2) is 45.6 Å². The normalized spacial score (nSPS) is 18.3. The fourth-order valence-corrected chi connectivity index (χ4v) is 3.82. The number of para-hydroxylation sites is 1. The third-order valence-corrected chi connectivity index (χ3v) is 5.16. The van der Waals surface area contributed by atoms with Gasteiger partial charge in [-0.1, -0.05) is 24.3 Å². The van der Waals surface area contributed by atoms with Crippen molar-refractivity contribution in [2.75, 3.05) is 19.8 Å². The van der Waals surface area contributed by atoms with Gasteiger partial charge in [0, 0.05) is 6.54 Å². The predicted octanol–water partition coefficient (Wildman–Crippen LogP) is 3.02. The summed E-state index contributed by atoms with van der Waals surface area (Å²) in [6.07, 6.45) is 3.41. The Kier molecular flexibility index (Phi) is 4.20. The first-order chi connectivity index (χ1) is 13.8. The summed E-state index contributed by atoms with van der Waals surface area (Å²) in [4.78, 5) is 16.5. The van der Waals surface area contributed by atoms with Crippen LogP contribution in [-0.2, 0) is 0 Å².